The lowest BCUT2D eigenvalue weighted by Gasteiger charge is -2.22. The molecule has 0 saturated carbocycles. The van der Waals surface area contributed by atoms with Gasteiger partial charge in [-0.3, -0.25) is 14.4 Å². The number of Topliss-reactive ketones (excluding diaryl/α,β-unsaturated/α-hetero) is 1. The number of carbonyl (C=O) groups is 3. The molecule has 1 heterocycles. The largest absolute Gasteiger partial charge is 0.497 e. The van der Waals surface area contributed by atoms with E-state index >= 15 is 0 Å². The fourth-order valence-corrected chi connectivity index (χ4v) is 3.71. The molecule has 0 aromatic heterocycles. The number of benzene rings is 2. The summed E-state index contributed by atoms with van der Waals surface area (Å²) in [5.41, 5.74) is 2.69. The standard InChI is InChI=1S/C25H30N2O4/c1-19-4-8-21(9-5-19)23(28)12-13-24(29)26-14-3-15-27(17-16-26)25(30)18-20-6-10-22(31-2)11-7-20/h4-11H,3,12-18H2,1-2H3. The van der Waals surface area contributed by atoms with E-state index < -0.39 is 0 Å². The summed E-state index contributed by atoms with van der Waals surface area (Å²) in [6, 6.07) is 14.9. The zero-order valence-corrected chi connectivity index (χ0v) is 18.3. The van der Waals surface area contributed by atoms with Gasteiger partial charge in [0.1, 0.15) is 5.75 Å². The average molecular weight is 423 g/mol. The summed E-state index contributed by atoms with van der Waals surface area (Å²) in [4.78, 5) is 41.3. The Kier molecular flexibility index (Phi) is 7.82. The first-order chi connectivity index (χ1) is 15.0. The summed E-state index contributed by atoms with van der Waals surface area (Å²) in [5.74, 6) is 0.791. The summed E-state index contributed by atoms with van der Waals surface area (Å²) >= 11 is 0. The maximum atomic E-state index is 12.7. The van der Waals surface area contributed by atoms with Gasteiger partial charge in [-0.05, 0) is 31.0 Å². The molecule has 0 radical (unpaired) electrons. The van der Waals surface area contributed by atoms with E-state index in [1.807, 2.05) is 48.2 Å². The van der Waals surface area contributed by atoms with Gasteiger partial charge in [0.15, 0.2) is 5.78 Å². The van der Waals surface area contributed by atoms with Crippen LogP contribution in [0.15, 0.2) is 48.5 Å². The number of amides is 2. The molecule has 0 spiro atoms. The van der Waals surface area contributed by atoms with Gasteiger partial charge in [-0.1, -0.05) is 42.0 Å². The van der Waals surface area contributed by atoms with Gasteiger partial charge >= 0.3 is 0 Å². The Morgan fingerprint density at radius 3 is 2.03 bits per heavy atom. The van der Waals surface area contributed by atoms with Crippen molar-refractivity contribution in [1.82, 2.24) is 9.80 Å². The molecule has 2 aromatic rings. The number of aryl methyl sites for hydroxylation is 1. The van der Waals surface area contributed by atoms with E-state index in [9.17, 15) is 14.4 Å². The monoisotopic (exact) mass is 422 g/mol. The number of methoxy groups -OCH3 is 1. The summed E-state index contributed by atoms with van der Waals surface area (Å²) in [5, 5.41) is 0. The lowest BCUT2D eigenvalue weighted by atomic mass is 10.0. The van der Waals surface area contributed by atoms with E-state index in [0.29, 0.717) is 38.2 Å². The van der Waals surface area contributed by atoms with Gasteiger partial charge in [0.25, 0.3) is 0 Å². The van der Waals surface area contributed by atoms with Gasteiger partial charge < -0.3 is 14.5 Å². The minimum atomic E-state index is -0.0232. The van der Waals surface area contributed by atoms with E-state index in [1.165, 1.54) is 0 Å². The topological polar surface area (TPSA) is 66.9 Å². The van der Waals surface area contributed by atoms with Crippen molar-refractivity contribution in [2.24, 2.45) is 0 Å². The number of ketones is 1. The molecule has 6 nitrogen and oxygen atoms in total. The highest BCUT2D eigenvalue weighted by atomic mass is 16.5. The Bertz CT molecular complexity index is 906. The Balaban J connectivity index is 1.47. The molecule has 0 N–H and O–H groups in total. The van der Waals surface area contributed by atoms with E-state index in [4.69, 9.17) is 4.74 Å². The third-order valence-electron chi connectivity index (χ3n) is 5.66. The first-order valence-corrected chi connectivity index (χ1v) is 10.7. The second kappa shape index (κ2) is 10.8. The number of nitrogens with zero attached hydrogens (tertiary/aromatic N) is 2. The Morgan fingerprint density at radius 2 is 1.42 bits per heavy atom. The van der Waals surface area contributed by atoms with Gasteiger partial charge in [0.2, 0.25) is 11.8 Å². The molecule has 6 heteroatoms. The molecule has 164 valence electrons. The predicted molar refractivity (Wildman–Crippen MR) is 119 cm³/mol. The molecule has 0 atom stereocenters. The van der Waals surface area contributed by atoms with Gasteiger partial charge in [-0.25, -0.2) is 0 Å². The van der Waals surface area contributed by atoms with Crippen molar-refractivity contribution in [3.63, 3.8) is 0 Å². The normalized spacial score (nSPS) is 14.1. The third kappa shape index (κ3) is 6.41. The zero-order chi connectivity index (χ0) is 22.2. The van der Waals surface area contributed by atoms with E-state index in [1.54, 1.807) is 24.1 Å². The molecule has 0 unspecified atom stereocenters. The zero-order valence-electron chi connectivity index (χ0n) is 18.3. The minimum Gasteiger partial charge on any atom is -0.497 e. The predicted octanol–water partition coefficient (Wildman–Crippen LogP) is 3.27. The second-order valence-corrected chi connectivity index (χ2v) is 7.93. The first kappa shape index (κ1) is 22.5. The SMILES string of the molecule is COc1ccc(CC(=O)N2CCCN(C(=O)CCC(=O)c3ccc(C)cc3)CC2)cc1. The summed E-state index contributed by atoms with van der Waals surface area (Å²) in [6.45, 7) is 4.26. The second-order valence-electron chi connectivity index (χ2n) is 7.93. The molecular weight excluding hydrogens is 392 g/mol. The number of carbonyl (C=O) groups excluding carboxylic acids is 3. The van der Waals surface area contributed by atoms with Gasteiger partial charge in [0.05, 0.1) is 13.5 Å². The highest BCUT2D eigenvalue weighted by molar-refractivity contribution is 5.98. The maximum absolute atomic E-state index is 12.7. The number of hydrogen-bond acceptors (Lipinski definition) is 4. The van der Waals surface area contributed by atoms with Crippen molar-refractivity contribution in [1.29, 1.82) is 0 Å². The Labute approximate surface area is 183 Å². The van der Waals surface area contributed by atoms with E-state index in [-0.39, 0.29) is 30.4 Å². The summed E-state index contributed by atoms with van der Waals surface area (Å²) in [6.07, 6.45) is 1.49. The lowest BCUT2D eigenvalue weighted by molar-refractivity contribution is -0.133. The molecule has 1 aliphatic heterocycles. The number of ether oxygens (including phenoxy) is 1. The van der Waals surface area contributed by atoms with Gasteiger partial charge in [-0.2, -0.15) is 0 Å². The maximum Gasteiger partial charge on any atom is 0.227 e. The molecule has 1 saturated heterocycles. The van der Waals surface area contributed by atoms with Crippen LogP contribution >= 0.6 is 0 Å². The quantitative estimate of drug-likeness (QED) is 0.643. The van der Waals surface area contributed by atoms with Gasteiger partial charge in [-0.15, -0.1) is 0 Å². The van der Waals surface area contributed by atoms with Crippen molar-refractivity contribution in [2.75, 3.05) is 33.3 Å². The molecular formula is C25H30N2O4. The van der Waals surface area contributed by atoms with Crippen molar-refractivity contribution in [3.8, 4) is 5.75 Å². The van der Waals surface area contributed by atoms with E-state index in [0.717, 1.165) is 23.3 Å². The number of rotatable bonds is 7. The highest BCUT2D eigenvalue weighted by Crippen LogP contribution is 2.14. The molecule has 0 bridgehead atoms. The fraction of sp³-hybridized carbons (Fsp3) is 0.400. The van der Waals surface area contributed by atoms with Crippen LogP contribution in [-0.4, -0.2) is 60.7 Å². The van der Waals surface area contributed by atoms with Crippen LogP contribution in [0, 0.1) is 6.92 Å². The van der Waals surface area contributed by atoms with Crippen LogP contribution in [0.5, 0.6) is 5.75 Å². The van der Waals surface area contributed by atoms with Crippen molar-refractivity contribution >= 4 is 17.6 Å². The van der Waals surface area contributed by atoms with Crippen LogP contribution in [0.2, 0.25) is 0 Å². The van der Waals surface area contributed by atoms with Crippen molar-refractivity contribution < 1.29 is 19.1 Å². The molecule has 2 aromatic carbocycles. The van der Waals surface area contributed by atoms with Crippen LogP contribution in [-0.2, 0) is 16.0 Å². The third-order valence-corrected chi connectivity index (χ3v) is 5.66. The lowest BCUT2D eigenvalue weighted by Crippen LogP contribution is -2.38. The molecule has 1 fully saturated rings. The molecule has 2 amide bonds. The smallest absolute Gasteiger partial charge is 0.227 e. The van der Waals surface area contributed by atoms with E-state index in [2.05, 4.69) is 0 Å². The van der Waals surface area contributed by atoms with Crippen molar-refractivity contribution in [2.45, 2.75) is 32.6 Å². The first-order valence-electron chi connectivity index (χ1n) is 10.7. The molecule has 31 heavy (non-hydrogen) atoms. The Hall–Kier alpha value is -3.15. The highest BCUT2D eigenvalue weighted by Gasteiger charge is 2.22. The minimum absolute atomic E-state index is 0.0144. The van der Waals surface area contributed by atoms with Crippen molar-refractivity contribution in [3.05, 3.63) is 65.2 Å². The van der Waals surface area contributed by atoms with Crippen LogP contribution < -0.4 is 4.74 Å². The van der Waals surface area contributed by atoms with Crippen LogP contribution in [0.1, 0.15) is 40.7 Å². The molecule has 1 aliphatic rings. The van der Waals surface area contributed by atoms with Crippen LogP contribution in [0.4, 0.5) is 0 Å². The van der Waals surface area contributed by atoms with Gasteiger partial charge in [0, 0.05) is 44.6 Å². The molecule has 0 aliphatic carbocycles. The van der Waals surface area contributed by atoms with Crippen LogP contribution in [0.25, 0.3) is 0 Å². The number of hydrogen-bond donors (Lipinski definition) is 0. The average Bonchev–Trinajstić information content (AvgIpc) is 3.05. The Morgan fingerprint density at radius 1 is 0.806 bits per heavy atom. The fourth-order valence-electron chi connectivity index (χ4n) is 3.71. The van der Waals surface area contributed by atoms with Crippen LogP contribution in [0.3, 0.4) is 0 Å². The summed E-state index contributed by atoms with van der Waals surface area (Å²) in [7, 11) is 1.61. The summed E-state index contributed by atoms with van der Waals surface area (Å²) < 4.78 is 5.15. The molecule has 3 rings (SSSR count).